The van der Waals surface area contributed by atoms with Crippen molar-refractivity contribution in [1.82, 2.24) is 4.90 Å². The Morgan fingerprint density at radius 2 is 2.14 bits per heavy atom. The van der Waals surface area contributed by atoms with Gasteiger partial charge in [0.15, 0.2) is 0 Å². The van der Waals surface area contributed by atoms with Crippen LogP contribution in [0.1, 0.15) is 18.4 Å². The Kier molecular flexibility index (Phi) is 5.73. The number of aryl methyl sites for hydroxylation is 1. The summed E-state index contributed by atoms with van der Waals surface area (Å²) in [5.74, 6) is 0.0784. The van der Waals surface area contributed by atoms with Gasteiger partial charge in [0.1, 0.15) is 4.32 Å². The summed E-state index contributed by atoms with van der Waals surface area (Å²) in [7, 11) is 0. The van der Waals surface area contributed by atoms with Crippen LogP contribution in [0.25, 0.3) is 0 Å². The zero-order valence-corrected chi connectivity index (χ0v) is 13.8. The Morgan fingerprint density at radius 3 is 2.73 bits per heavy atom. The van der Waals surface area contributed by atoms with Gasteiger partial charge in [0, 0.05) is 30.9 Å². The van der Waals surface area contributed by atoms with Crippen LogP contribution in [-0.4, -0.2) is 38.9 Å². The molecule has 0 saturated carbocycles. The molecule has 8 heteroatoms. The van der Waals surface area contributed by atoms with Gasteiger partial charge in [-0.15, -0.1) is 0 Å². The Balaban J connectivity index is 1.86. The monoisotopic (exact) mass is 339 g/mol. The van der Waals surface area contributed by atoms with E-state index >= 15 is 0 Å². The molecule has 1 aliphatic heterocycles. The van der Waals surface area contributed by atoms with E-state index in [1.807, 2.05) is 0 Å². The van der Waals surface area contributed by atoms with Crippen molar-refractivity contribution in [2.75, 3.05) is 24.2 Å². The van der Waals surface area contributed by atoms with Crippen LogP contribution in [0, 0.1) is 17.0 Å². The molecule has 0 spiro atoms. The van der Waals surface area contributed by atoms with E-state index in [2.05, 4.69) is 10.2 Å². The van der Waals surface area contributed by atoms with E-state index in [0.29, 0.717) is 11.3 Å². The summed E-state index contributed by atoms with van der Waals surface area (Å²) in [6.07, 6.45) is 2.30. The van der Waals surface area contributed by atoms with E-state index in [9.17, 15) is 14.9 Å². The molecule has 1 fully saturated rings. The normalized spacial score (nSPS) is 14.0. The molecule has 22 heavy (non-hydrogen) atoms. The van der Waals surface area contributed by atoms with Crippen molar-refractivity contribution in [2.24, 2.45) is 0 Å². The topological polar surface area (TPSA) is 75.5 Å². The molecule has 1 aromatic carbocycles. The highest BCUT2D eigenvalue weighted by molar-refractivity contribution is 8.23. The van der Waals surface area contributed by atoms with E-state index < -0.39 is 4.92 Å². The summed E-state index contributed by atoms with van der Waals surface area (Å²) >= 11 is 6.65. The second-order valence-electron chi connectivity index (χ2n) is 5.05. The number of thioether (sulfide) groups is 1. The van der Waals surface area contributed by atoms with Gasteiger partial charge >= 0.3 is 0 Å². The van der Waals surface area contributed by atoms with Gasteiger partial charge in [-0.1, -0.05) is 24.0 Å². The number of carbonyl (C=O) groups excluding carboxylic acids is 1. The first-order chi connectivity index (χ1) is 10.5. The highest BCUT2D eigenvalue weighted by Crippen LogP contribution is 2.22. The first-order valence-electron chi connectivity index (χ1n) is 6.94. The largest absolute Gasteiger partial charge is 0.358 e. The van der Waals surface area contributed by atoms with Gasteiger partial charge in [-0.25, -0.2) is 0 Å². The third-order valence-electron chi connectivity index (χ3n) is 3.39. The van der Waals surface area contributed by atoms with Crippen molar-refractivity contribution >= 4 is 45.6 Å². The predicted octanol–water partition coefficient (Wildman–Crippen LogP) is 2.96. The number of hydrogen-bond acceptors (Lipinski definition) is 5. The maximum Gasteiger partial charge on any atom is 0.269 e. The molecule has 118 valence electrons. The quantitative estimate of drug-likeness (QED) is 0.516. The van der Waals surface area contributed by atoms with Crippen molar-refractivity contribution < 1.29 is 9.72 Å². The van der Waals surface area contributed by atoms with E-state index in [1.165, 1.54) is 23.9 Å². The minimum absolute atomic E-state index is 0.0140. The van der Waals surface area contributed by atoms with Crippen LogP contribution >= 0.6 is 24.0 Å². The molecule has 1 aromatic rings. The Labute approximate surface area is 138 Å². The number of amides is 1. The Bertz CT molecular complexity index is 601. The number of nitro groups is 1. The van der Waals surface area contributed by atoms with Crippen LogP contribution in [0.3, 0.4) is 0 Å². The minimum atomic E-state index is -0.455. The molecule has 0 aromatic heterocycles. The van der Waals surface area contributed by atoms with Crippen LogP contribution in [0.4, 0.5) is 11.4 Å². The number of likely N-dealkylation sites (tertiary alicyclic amines) is 1. The fraction of sp³-hybridized carbons (Fsp3) is 0.429. The molecule has 1 heterocycles. The first kappa shape index (κ1) is 16.7. The van der Waals surface area contributed by atoms with Crippen molar-refractivity contribution in [3.63, 3.8) is 0 Å². The van der Waals surface area contributed by atoms with Crippen molar-refractivity contribution in [2.45, 2.75) is 19.8 Å². The third-order valence-corrected chi connectivity index (χ3v) is 4.91. The average molecular weight is 339 g/mol. The smallest absolute Gasteiger partial charge is 0.269 e. The van der Waals surface area contributed by atoms with Crippen molar-refractivity contribution in [3.05, 3.63) is 33.9 Å². The van der Waals surface area contributed by atoms with Gasteiger partial charge in [0.05, 0.1) is 10.7 Å². The summed E-state index contributed by atoms with van der Waals surface area (Å²) in [5, 5.41) is 13.4. The summed E-state index contributed by atoms with van der Waals surface area (Å²) in [5.41, 5.74) is 1.26. The van der Waals surface area contributed by atoms with E-state index in [4.69, 9.17) is 12.2 Å². The first-order valence-corrected chi connectivity index (χ1v) is 8.33. The molecule has 1 saturated heterocycles. The lowest BCUT2D eigenvalue weighted by atomic mass is 10.2. The van der Waals surface area contributed by atoms with Crippen LogP contribution in [-0.2, 0) is 4.79 Å². The predicted molar refractivity (Wildman–Crippen MR) is 92.3 cm³/mol. The van der Waals surface area contributed by atoms with E-state index in [-0.39, 0.29) is 17.3 Å². The van der Waals surface area contributed by atoms with Gasteiger partial charge in [-0.05, 0) is 31.4 Å². The number of thiocarbonyl (C=S) groups is 1. The Morgan fingerprint density at radius 1 is 1.45 bits per heavy atom. The average Bonchev–Trinajstić information content (AvgIpc) is 3.01. The number of carbonyl (C=O) groups is 1. The third kappa shape index (κ3) is 4.41. The van der Waals surface area contributed by atoms with E-state index in [0.717, 1.165) is 30.3 Å². The molecule has 0 unspecified atom stereocenters. The van der Waals surface area contributed by atoms with Crippen molar-refractivity contribution in [1.29, 1.82) is 0 Å². The lowest BCUT2D eigenvalue weighted by Gasteiger charge is -2.17. The minimum Gasteiger partial charge on any atom is -0.358 e. The van der Waals surface area contributed by atoms with Gasteiger partial charge in [-0.3, -0.25) is 14.9 Å². The molecular weight excluding hydrogens is 322 g/mol. The molecular formula is C14H17N3O3S2. The number of non-ortho nitro benzene ring substituents is 1. The summed E-state index contributed by atoms with van der Waals surface area (Å²) < 4.78 is 0.757. The zero-order chi connectivity index (χ0) is 16.1. The maximum absolute atomic E-state index is 12.0. The maximum atomic E-state index is 12.0. The highest BCUT2D eigenvalue weighted by atomic mass is 32.2. The molecule has 1 aliphatic rings. The second kappa shape index (κ2) is 7.55. The zero-order valence-electron chi connectivity index (χ0n) is 12.2. The van der Waals surface area contributed by atoms with Gasteiger partial charge < -0.3 is 10.2 Å². The van der Waals surface area contributed by atoms with Crippen LogP contribution in [0.5, 0.6) is 0 Å². The molecule has 1 N–H and O–H groups in total. The number of nitrogens with one attached hydrogen (secondary N) is 1. The number of anilines is 1. The number of rotatable bonds is 4. The van der Waals surface area contributed by atoms with Crippen LogP contribution < -0.4 is 5.32 Å². The number of nitro benzene ring substituents is 1. The second-order valence-corrected chi connectivity index (χ2v) is 6.66. The molecule has 0 aliphatic carbocycles. The summed E-state index contributed by atoms with van der Waals surface area (Å²) in [6.45, 7) is 3.66. The standard InChI is InChI=1S/C14H17N3O3S2/c1-10-8-11(17(19)20)4-5-12(10)15-13(18)9-22-14(21)16-6-2-3-7-16/h4-5,8H,2-3,6-7,9H2,1H3,(H,15,18). The molecule has 0 radical (unpaired) electrons. The fourth-order valence-corrected chi connectivity index (χ4v) is 3.26. The number of hydrogen-bond donors (Lipinski definition) is 1. The SMILES string of the molecule is Cc1cc([N+](=O)[O-])ccc1NC(=O)CSC(=S)N1CCCC1. The number of benzene rings is 1. The highest BCUT2D eigenvalue weighted by Gasteiger charge is 2.16. The van der Waals surface area contributed by atoms with Crippen LogP contribution in [0.15, 0.2) is 18.2 Å². The van der Waals surface area contributed by atoms with Gasteiger partial charge in [-0.2, -0.15) is 0 Å². The number of nitrogens with zero attached hydrogens (tertiary/aromatic N) is 2. The summed E-state index contributed by atoms with van der Waals surface area (Å²) in [6, 6.07) is 4.37. The molecule has 1 amide bonds. The van der Waals surface area contributed by atoms with Crippen molar-refractivity contribution in [3.8, 4) is 0 Å². The van der Waals surface area contributed by atoms with Crippen LogP contribution in [0.2, 0.25) is 0 Å². The summed E-state index contributed by atoms with van der Waals surface area (Å²) in [4.78, 5) is 24.3. The molecule has 2 rings (SSSR count). The van der Waals surface area contributed by atoms with Gasteiger partial charge in [0.2, 0.25) is 5.91 Å². The molecule has 6 nitrogen and oxygen atoms in total. The fourth-order valence-electron chi connectivity index (χ4n) is 2.21. The molecule has 0 bridgehead atoms. The lowest BCUT2D eigenvalue weighted by molar-refractivity contribution is -0.384. The Hall–Kier alpha value is -1.67. The molecule has 0 atom stereocenters. The van der Waals surface area contributed by atoms with E-state index in [1.54, 1.807) is 13.0 Å². The van der Waals surface area contributed by atoms with Gasteiger partial charge in [0.25, 0.3) is 5.69 Å². The lowest BCUT2D eigenvalue weighted by Crippen LogP contribution is -2.25.